The van der Waals surface area contributed by atoms with Crippen LogP contribution in [0, 0.1) is 0 Å². The highest BCUT2D eigenvalue weighted by Gasteiger charge is 2.34. The molecule has 1 aliphatic rings. The molecular formula is C19H12N2O7-2. The predicted octanol–water partition coefficient (Wildman–Crippen LogP) is -0.718. The van der Waals surface area contributed by atoms with Crippen molar-refractivity contribution in [2.24, 2.45) is 0 Å². The summed E-state index contributed by atoms with van der Waals surface area (Å²) in [6.07, 6.45) is 0. The molecule has 0 saturated heterocycles. The SMILES string of the molecule is CCN1C(=O)c2ccc(C(=O)Nc3cc(C(=O)[O-])cc(C(=O)[O-])c3)cc2C1=O. The molecule has 0 bridgehead atoms. The average Bonchev–Trinajstić information content (AvgIpc) is 2.90. The minimum atomic E-state index is -1.63. The highest BCUT2D eigenvalue weighted by atomic mass is 16.4. The van der Waals surface area contributed by atoms with Crippen molar-refractivity contribution in [2.45, 2.75) is 6.92 Å². The van der Waals surface area contributed by atoms with Crippen LogP contribution >= 0.6 is 0 Å². The quantitative estimate of drug-likeness (QED) is 0.673. The maximum absolute atomic E-state index is 12.5. The fraction of sp³-hybridized carbons (Fsp3) is 0.105. The molecule has 0 radical (unpaired) electrons. The summed E-state index contributed by atoms with van der Waals surface area (Å²) in [4.78, 5) is 59.9. The summed E-state index contributed by atoms with van der Waals surface area (Å²) in [7, 11) is 0. The maximum Gasteiger partial charge on any atom is 0.261 e. The highest BCUT2D eigenvalue weighted by Crippen LogP contribution is 2.24. The van der Waals surface area contributed by atoms with Crippen molar-refractivity contribution in [3.63, 3.8) is 0 Å². The molecular weight excluding hydrogens is 368 g/mol. The second-order valence-electron chi connectivity index (χ2n) is 5.94. The number of carbonyl (C=O) groups is 5. The molecule has 0 unspecified atom stereocenters. The smallest absolute Gasteiger partial charge is 0.261 e. The average molecular weight is 380 g/mol. The van der Waals surface area contributed by atoms with Crippen molar-refractivity contribution >= 4 is 35.3 Å². The molecule has 2 aromatic rings. The molecule has 0 fully saturated rings. The van der Waals surface area contributed by atoms with Gasteiger partial charge in [0.05, 0.1) is 23.1 Å². The number of fused-ring (bicyclic) bond motifs is 1. The molecule has 0 atom stereocenters. The topological polar surface area (TPSA) is 147 Å². The van der Waals surface area contributed by atoms with E-state index in [1.807, 2.05) is 0 Å². The second-order valence-corrected chi connectivity index (χ2v) is 5.94. The first-order chi connectivity index (χ1) is 13.2. The molecule has 0 spiro atoms. The molecule has 0 saturated carbocycles. The minimum absolute atomic E-state index is 0.0340. The van der Waals surface area contributed by atoms with Crippen molar-refractivity contribution < 1.29 is 34.2 Å². The van der Waals surface area contributed by atoms with Crippen LogP contribution in [0.5, 0.6) is 0 Å². The number of hydrogen-bond acceptors (Lipinski definition) is 7. The van der Waals surface area contributed by atoms with E-state index in [0.717, 1.165) is 23.1 Å². The van der Waals surface area contributed by atoms with Gasteiger partial charge in [0, 0.05) is 17.8 Å². The Morgan fingerprint density at radius 1 is 0.857 bits per heavy atom. The van der Waals surface area contributed by atoms with Crippen molar-refractivity contribution in [1.29, 1.82) is 0 Å². The predicted molar refractivity (Wildman–Crippen MR) is 90.5 cm³/mol. The van der Waals surface area contributed by atoms with Gasteiger partial charge in [-0.15, -0.1) is 0 Å². The third kappa shape index (κ3) is 3.20. The Morgan fingerprint density at radius 3 is 1.96 bits per heavy atom. The van der Waals surface area contributed by atoms with Crippen LogP contribution in [0.15, 0.2) is 36.4 Å². The minimum Gasteiger partial charge on any atom is -0.545 e. The van der Waals surface area contributed by atoms with Crippen molar-refractivity contribution in [1.82, 2.24) is 4.90 Å². The lowest BCUT2D eigenvalue weighted by Gasteiger charge is -2.12. The van der Waals surface area contributed by atoms with Gasteiger partial charge in [0.1, 0.15) is 0 Å². The molecule has 1 heterocycles. The Hall–Kier alpha value is -4.01. The molecule has 2 aromatic carbocycles. The molecule has 9 heteroatoms. The number of anilines is 1. The van der Waals surface area contributed by atoms with Crippen molar-refractivity contribution in [3.05, 3.63) is 64.2 Å². The number of nitrogens with one attached hydrogen (secondary N) is 1. The third-order valence-electron chi connectivity index (χ3n) is 4.21. The van der Waals surface area contributed by atoms with Crippen LogP contribution in [0.25, 0.3) is 0 Å². The van der Waals surface area contributed by atoms with Gasteiger partial charge in [0.15, 0.2) is 0 Å². The number of nitrogens with zero attached hydrogens (tertiary/aromatic N) is 1. The van der Waals surface area contributed by atoms with Crippen LogP contribution in [-0.4, -0.2) is 41.1 Å². The maximum atomic E-state index is 12.5. The van der Waals surface area contributed by atoms with E-state index in [1.165, 1.54) is 18.2 Å². The summed E-state index contributed by atoms with van der Waals surface area (Å²) < 4.78 is 0. The lowest BCUT2D eigenvalue weighted by molar-refractivity contribution is -0.255. The molecule has 142 valence electrons. The zero-order chi connectivity index (χ0) is 20.6. The first-order valence-electron chi connectivity index (χ1n) is 8.12. The molecule has 1 N–H and O–H groups in total. The van der Waals surface area contributed by atoms with Gasteiger partial charge in [-0.25, -0.2) is 0 Å². The molecule has 0 aliphatic carbocycles. The fourth-order valence-corrected chi connectivity index (χ4v) is 2.86. The Balaban J connectivity index is 1.92. The fourth-order valence-electron chi connectivity index (χ4n) is 2.86. The first-order valence-corrected chi connectivity index (χ1v) is 8.12. The van der Waals surface area contributed by atoms with Gasteiger partial charge in [-0.3, -0.25) is 19.3 Å². The Kier molecular flexibility index (Phi) is 4.66. The number of benzene rings is 2. The summed E-state index contributed by atoms with van der Waals surface area (Å²) in [5, 5.41) is 24.4. The Bertz CT molecular complexity index is 1030. The van der Waals surface area contributed by atoms with Gasteiger partial charge >= 0.3 is 0 Å². The van der Waals surface area contributed by atoms with Gasteiger partial charge in [0.2, 0.25) is 0 Å². The van der Waals surface area contributed by atoms with Crippen LogP contribution in [0.1, 0.15) is 58.7 Å². The molecule has 1 aliphatic heterocycles. The molecule has 3 rings (SSSR count). The molecule has 28 heavy (non-hydrogen) atoms. The number of carboxylic acid groups (broad SMARTS) is 2. The van der Waals surface area contributed by atoms with E-state index in [0.29, 0.717) is 0 Å². The molecule has 3 amide bonds. The lowest BCUT2D eigenvalue weighted by atomic mass is 10.0. The monoisotopic (exact) mass is 380 g/mol. The van der Waals surface area contributed by atoms with Gasteiger partial charge in [-0.05, 0) is 54.4 Å². The Labute approximate surface area is 158 Å². The number of rotatable bonds is 5. The van der Waals surface area contributed by atoms with Crippen LogP contribution < -0.4 is 15.5 Å². The van der Waals surface area contributed by atoms with Gasteiger partial charge < -0.3 is 25.1 Å². The highest BCUT2D eigenvalue weighted by molar-refractivity contribution is 6.22. The van der Waals surface area contributed by atoms with Crippen LogP contribution in [0.4, 0.5) is 5.69 Å². The number of amides is 3. The first kappa shape index (κ1) is 18.8. The summed E-state index contributed by atoms with van der Waals surface area (Å²) in [5.41, 5.74) is -0.716. The zero-order valence-electron chi connectivity index (χ0n) is 14.5. The number of hydrogen-bond donors (Lipinski definition) is 1. The van der Waals surface area contributed by atoms with E-state index in [9.17, 15) is 34.2 Å². The standard InChI is InChI=1S/C19H14N2O7/c1-2-21-16(23)13-4-3-9(8-14(13)17(21)24)15(22)20-12-6-10(18(25)26)5-11(7-12)19(27)28/h3-8H,2H2,1H3,(H,20,22)(H,25,26)(H,27,28)/p-2. The van der Waals surface area contributed by atoms with Gasteiger partial charge in [-0.2, -0.15) is 0 Å². The van der Waals surface area contributed by atoms with Crippen LogP contribution in [0.2, 0.25) is 0 Å². The number of aromatic carboxylic acids is 2. The number of carboxylic acids is 2. The summed E-state index contributed by atoms with van der Waals surface area (Å²) in [5.74, 6) is -4.94. The normalized spacial score (nSPS) is 12.7. The van der Waals surface area contributed by atoms with Crippen LogP contribution in [-0.2, 0) is 0 Å². The van der Waals surface area contributed by atoms with E-state index < -0.39 is 40.8 Å². The molecule has 0 aromatic heterocycles. The second kappa shape index (κ2) is 6.95. The molecule has 9 nitrogen and oxygen atoms in total. The van der Waals surface area contributed by atoms with Gasteiger partial charge in [-0.1, -0.05) is 0 Å². The van der Waals surface area contributed by atoms with Crippen molar-refractivity contribution in [3.8, 4) is 0 Å². The van der Waals surface area contributed by atoms with E-state index in [-0.39, 0.29) is 28.9 Å². The summed E-state index contributed by atoms with van der Waals surface area (Å²) >= 11 is 0. The summed E-state index contributed by atoms with van der Waals surface area (Å²) in [6.45, 7) is 1.84. The van der Waals surface area contributed by atoms with Crippen molar-refractivity contribution in [2.75, 3.05) is 11.9 Å². The third-order valence-corrected chi connectivity index (χ3v) is 4.21. The Morgan fingerprint density at radius 2 is 1.43 bits per heavy atom. The zero-order valence-corrected chi connectivity index (χ0v) is 14.5. The van der Waals surface area contributed by atoms with E-state index in [2.05, 4.69) is 5.32 Å². The number of imide groups is 1. The van der Waals surface area contributed by atoms with E-state index >= 15 is 0 Å². The lowest BCUT2D eigenvalue weighted by Crippen LogP contribution is -2.29. The van der Waals surface area contributed by atoms with Crippen LogP contribution in [0.3, 0.4) is 0 Å². The number of carbonyl (C=O) groups excluding carboxylic acids is 5. The van der Waals surface area contributed by atoms with E-state index in [4.69, 9.17) is 0 Å². The van der Waals surface area contributed by atoms with Gasteiger partial charge in [0.25, 0.3) is 17.7 Å². The largest absolute Gasteiger partial charge is 0.545 e. The summed E-state index contributed by atoms with van der Waals surface area (Å²) in [6, 6.07) is 6.84. The van der Waals surface area contributed by atoms with E-state index in [1.54, 1.807) is 6.92 Å².